The van der Waals surface area contributed by atoms with Crippen LogP contribution < -0.4 is 4.72 Å². The molecule has 2 rings (SSSR count). The largest absolute Gasteiger partial charge is 0.481 e. The summed E-state index contributed by atoms with van der Waals surface area (Å²) in [6.07, 6.45) is 1.79. The zero-order valence-corrected chi connectivity index (χ0v) is 14.1. The lowest BCUT2D eigenvalue weighted by atomic mass is 9.98. The summed E-state index contributed by atoms with van der Waals surface area (Å²) in [5.74, 6) is -1.62. The molecule has 10 heteroatoms. The molecule has 1 aromatic carbocycles. The van der Waals surface area contributed by atoms with Gasteiger partial charge < -0.3 is 5.11 Å². The summed E-state index contributed by atoms with van der Waals surface area (Å²) >= 11 is 0. The third kappa shape index (κ3) is 4.59. The fourth-order valence-corrected chi connectivity index (χ4v) is 3.27. The highest BCUT2D eigenvalue weighted by Gasteiger charge is 2.22. The van der Waals surface area contributed by atoms with E-state index < -0.39 is 21.9 Å². The number of sulfonamides is 1. The first-order valence-electron chi connectivity index (χ1n) is 7.35. The van der Waals surface area contributed by atoms with E-state index in [1.54, 1.807) is 12.1 Å². The van der Waals surface area contributed by atoms with Crippen molar-refractivity contribution >= 4 is 16.0 Å². The average molecular weight is 353 g/mol. The quantitative estimate of drug-likeness (QED) is 0.714. The summed E-state index contributed by atoms with van der Waals surface area (Å²) in [4.78, 5) is 11.3. The van der Waals surface area contributed by atoms with Crippen LogP contribution in [0.2, 0.25) is 0 Å². The van der Waals surface area contributed by atoms with E-state index in [2.05, 4.69) is 20.2 Å². The fraction of sp³-hybridized carbons (Fsp3) is 0.429. The normalized spacial score (nSPS) is 13.1. The maximum Gasteiger partial charge on any atom is 0.307 e. The first-order valence-corrected chi connectivity index (χ1v) is 8.84. The first kappa shape index (κ1) is 18.0. The molecule has 130 valence electrons. The molecule has 0 aliphatic heterocycles. The van der Waals surface area contributed by atoms with Crippen molar-refractivity contribution in [2.45, 2.75) is 25.2 Å². The molecular weight excluding hydrogens is 334 g/mol. The second-order valence-corrected chi connectivity index (χ2v) is 7.53. The Hall–Kier alpha value is -2.33. The number of tetrazole rings is 1. The van der Waals surface area contributed by atoms with Crippen LogP contribution in [0.25, 0.3) is 5.69 Å². The van der Waals surface area contributed by atoms with Crippen molar-refractivity contribution < 1.29 is 18.3 Å². The minimum Gasteiger partial charge on any atom is -0.481 e. The molecule has 0 saturated heterocycles. The molecule has 0 spiro atoms. The van der Waals surface area contributed by atoms with Crippen molar-refractivity contribution in [3.63, 3.8) is 0 Å². The smallest absolute Gasteiger partial charge is 0.307 e. The highest BCUT2D eigenvalue weighted by atomic mass is 32.2. The van der Waals surface area contributed by atoms with Gasteiger partial charge in [-0.15, -0.1) is 5.10 Å². The summed E-state index contributed by atoms with van der Waals surface area (Å²) < 4.78 is 28.3. The van der Waals surface area contributed by atoms with Crippen molar-refractivity contribution in [2.75, 3.05) is 6.54 Å². The van der Waals surface area contributed by atoms with Gasteiger partial charge in [0.1, 0.15) is 6.33 Å². The van der Waals surface area contributed by atoms with E-state index in [9.17, 15) is 18.3 Å². The van der Waals surface area contributed by atoms with Gasteiger partial charge in [-0.25, -0.2) is 17.8 Å². The minimum atomic E-state index is -3.78. The predicted octanol–water partition coefficient (Wildman–Crippen LogP) is 0.687. The number of rotatable bonds is 8. The second-order valence-electron chi connectivity index (χ2n) is 5.76. The van der Waals surface area contributed by atoms with E-state index in [1.807, 2.05) is 13.8 Å². The van der Waals surface area contributed by atoms with Crippen LogP contribution in [0.1, 0.15) is 20.3 Å². The van der Waals surface area contributed by atoms with Crippen molar-refractivity contribution in [2.24, 2.45) is 11.8 Å². The van der Waals surface area contributed by atoms with Gasteiger partial charge in [-0.05, 0) is 47.0 Å². The van der Waals surface area contributed by atoms with Crippen molar-refractivity contribution in [3.8, 4) is 5.69 Å². The molecule has 1 atom stereocenters. The molecule has 0 amide bonds. The zero-order valence-electron chi connectivity index (χ0n) is 13.3. The highest BCUT2D eigenvalue weighted by Crippen LogP contribution is 2.15. The molecular formula is C14H19N5O4S. The molecule has 9 nitrogen and oxygen atoms in total. The lowest BCUT2D eigenvalue weighted by Crippen LogP contribution is -2.33. The molecule has 1 aromatic heterocycles. The van der Waals surface area contributed by atoms with Gasteiger partial charge in [0, 0.05) is 6.54 Å². The van der Waals surface area contributed by atoms with Gasteiger partial charge in [0.05, 0.1) is 16.5 Å². The molecule has 0 bridgehead atoms. The van der Waals surface area contributed by atoms with Gasteiger partial charge in [-0.2, -0.15) is 0 Å². The SMILES string of the molecule is CC(C)CC(CNS(=O)(=O)c1ccc(-n2cnnn2)cc1)C(=O)O. The van der Waals surface area contributed by atoms with E-state index in [-0.39, 0.29) is 17.4 Å². The number of aromatic nitrogens is 4. The Balaban J connectivity index is 2.08. The number of carboxylic acids is 1. The highest BCUT2D eigenvalue weighted by molar-refractivity contribution is 7.89. The molecule has 0 saturated carbocycles. The summed E-state index contributed by atoms with van der Waals surface area (Å²) in [5.41, 5.74) is 0.613. The lowest BCUT2D eigenvalue weighted by molar-refractivity contribution is -0.142. The van der Waals surface area contributed by atoms with Crippen LogP contribution in [0.4, 0.5) is 0 Å². The predicted molar refractivity (Wildman–Crippen MR) is 84.9 cm³/mol. The number of aliphatic carboxylic acids is 1. The van der Waals surface area contributed by atoms with Crippen molar-refractivity contribution in [1.82, 2.24) is 24.9 Å². The van der Waals surface area contributed by atoms with Gasteiger partial charge in [-0.3, -0.25) is 4.79 Å². The van der Waals surface area contributed by atoms with Crippen molar-refractivity contribution in [1.29, 1.82) is 0 Å². The number of hydrogen-bond donors (Lipinski definition) is 2. The van der Waals surface area contributed by atoms with Crippen LogP contribution in [0, 0.1) is 11.8 Å². The van der Waals surface area contributed by atoms with E-state index in [4.69, 9.17) is 0 Å². The van der Waals surface area contributed by atoms with Crippen LogP contribution in [-0.2, 0) is 14.8 Å². The third-order valence-corrected chi connectivity index (χ3v) is 4.82. The Labute approximate surface area is 139 Å². The van der Waals surface area contributed by atoms with Crippen molar-refractivity contribution in [3.05, 3.63) is 30.6 Å². The Morgan fingerprint density at radius 2 is 1.96 bits per heavy atom. The molecule has 0 radical (unpaired) electrons. The number of nitrogens with zero attached hydrogens (tertiary/aromatic N) is 4. The number of carboxylic acid groups (broad SMARTS) is 1. The second kappa shape index (κ2) is 7.49. The number of hydrogen-bond acceptors (Lipinski definition) is 6. The fourth-order valence-electron chi connectivity index (χ4n) is 2.19. The Morgan fingerprint density at radius 1 is 1.29 bits per heavy atom. The minimum absolute atomic E-state index is 0.0491. The van der Waals surface area contributed by atoms with Gasteiger partial charge in [0.2, 0.25) is 10.0 Å². The summed E-state index contributed by atoms with van der Waals surface area (Å²) in [7, 11) is -3.78. The third-order valence-electron chi connectivity index (χ3n) is 3.39. The standard InChI is InChI=1S/C14H19N5O4S/c1-10(2)7-11(14(20)21)8-16-24(22,23)13-5-3-12(4-6-13)19-9-15-17-18-19/h3-6,9-11,16H,7-8H2,1-2H3,(H,20,21). The van der Waals surface area contributed by atoms with Crippen LogP contribution in [0.3, 0.4) is 0 Å². The molecule has 0 aliphatic carbocycles. The lowest BCUT2D eigenvalue weighted by Gasteiger charge is -2.15. The van der Waals surface area contributed by atoms with Gasteiger partial charge >= 0.3 is 5.97 Å². The van der Waals surface area contributed by atoms with E-state index in [0.29, 0.717) is 12.1 Å². The maximum absolute atomic E-state index is 12.3. The van der Waals surface area contributed by atoms with Gasteiger partial charge in [-0.1, -0.05) is 13.8 Å². The molecule has 2 aromatic rings. The Morgan fingerprint density at radius 3 is 2.46 bits per heavy atom. The molecule has 2 N–H and O–H groups in total. The van der Waals surface area contributed by atoms with Crippen LogP contribution in [0.15, 0.2) is 35.5 Å². The first-order chi connectivity index (χ1) is 11.3. The van der Waals surface area contributed by atoms with Gasteiger partial charge in [0.15, 0.2) is 0 Å². The number of benzene rings is 1. The molecule has 0 aliphatic rings. The zero-order chi connectivity index (χ0) is 17.7. The summed E-state index contributed by atoms with van der Waals surface area (Å²) in [6.45, 7) is 3.63. The molecule has 24 heavy (non-hydrogen) atoms. The van der Waals surface area contributed by atoms with Gasteiger partial charge in [0.25, 0.3) is 0 Å². The van der Waals surface area contributed by atoms with E-state index in [1.165, 1.54) is 23.1 Å². The molecule has 0 fully saturated rings. The van der Waals surface area contributed by atoms with E-state index in [0.717, 1.165) is 0 Å². The van der Waals surface area contributed by atoms with E-state index >= 15 is 0 Å². The molecule has 1 heterocycles. The average Bonchev–Trinajstić information content (AvgIpc) is 3.05. The number of nitrogens with one attached hydrogen (secondary N) is 1. The number of carbonyl (C=O) groups is 1. The maximum atomic E-state index is 12.3. The summed E-state index contributed by atoms with van der Waals surface area (Å²) in [5, 5.41) is 19.9. The summed E-state index contributed by atoms with van der Waals surface area (Å²) in [6, 6.07) is 5.95. The molecule has 1 unspecified atom stereocenters. The monoisotopic (exact) mass is 353 g/mol. The Kier molecular flexibility index (Phi) is 5.62. The van der Waals surface area contributed by atoms with Crippen LogP contribution in [-0.4, -0.2) is 46.2 Å². The van der Waals surface area contributed by atoms with Crippen LogP contribution in [0.5, 0.6) is 0 Å². The topological polar surface area (TPSA) is 127 Å². The Bertz CT molecular complexity index is 772. The van der Waals surface area contributed by atoms with Crippen LogP contribution >= 0.6 is 0 Å².